The van der Waals surface area contributed by atoms with Crippen molar-refractivity contribution in [2.24, 2.45) is 0 Å². The molecule has 2 rings (SSSR count). The fourth-order valence-corrected chi connectivity index (χ4v) is 1.49. The Kier molecular flexibility index (Phi) is 1.20. The lowest BCUT2D eigenvalue weighted by Crippen LogP contribution is -2.14. The van der Waals surface area contributed by atoms with Gasteiger partial charge in [-0.3, -0.25) is 4.90 Å². The maximum atomic E-state index is 5.61. The van der Waals surface area contributed by atoms with E-state index in [0.717, 1.165) is 17.9 Å². The van der Waals surface area contributed by atoms with E-state index in [2.05, 4.69) is 17.0 Å². The van der Waals surface area contributed by atoms with Crippen LogP contribution in [-0.2, 0) is 6.54 Å². The van der Waals surface area contributed by atoms with Crippen molar-refractivity contribution in [2.75, 3.05) is 12.8 Å². The molecule has 4 nitrogen and oxygen atoms in total. The van der Waals surface area contributed by atoms with Crippen molar-refractivity contribution in [2.45, 2.75) is 19.5 Å². The van der Waals surface area contributed by atoms with E-state index >= 15 is 0 Å². The largest absolute Gasteiger partial charge is 0.381 e. The van der Waals surface area contributed by atoms with E-state index in [4.69, 9.17) is 10.3 Å². The molecule has 0 radical (unpaired) electrons. The first-order valence-corrected chi connectivity index (χ1v) is 3.64. The first-order valence-electron chi connectivity index (χ1n) is 3.64. The molecule has 0 fully saturated rings. The summed E-state index contributed by atoms with van der Waals surface area (Å²) < 4.78 is 5.03. The Balaban J connectivity index is 2.49. The minimum Gasteiger partial charge on any atom is -0.381 e. The summed E-state index contributed by atoms with van der Waals surface area (Å²) in [4.78, 5) is 2.17. The van der Waals surface area contributed by atoms with E-state index in [9.17, 15) is 0 Å². The van der Waals surface area contributed by atoms with Crippen LogP contribution < -0.4 is 5.73 Å². The monoisotopic (exact) mass is 153 g/mol. The van der Waals surface area contributed by atoms with Gasteiger partial charge in [-0.25, -0.2) is 0 Å². The molecule has 2 N–H and O–H groups in total. The second-order valence-corrected chi connectivity index (χ2v) is 3.00. The third-order valence-corrected chi connectivity index (χ3v) is 2.30. The normalized spacial score (nSPS) is 24.0. The molecule has 0 aliphatic carbocycles. The van der Waals surface area contributed by atoms with E-state index in [1.807, 2.05) is 7.05 Å². The van der Waals surface area contributed by atoms with Crippen molar-refractivity contribution in [3.63, 3.8) is 0 Å². The molecular formula is C7H11N3O. The van der Waals surface area contributed by atoms with Gasteiger partial charge in [0.05, 0.1) is 12.1 Å². The van der Waals surface area contributed by atoms with Crippen molar-refractivity contribution in [3.05, 3.63) is 11.3 Å². The molecule has 0 bridgehead atoms. The van der Waals surface area contributed by atoms with Crippen LogP contribution in [0.3, 0.4) is 0 Å². The fourth-order valence-electron chi connectivity index (χ4n) is 1.49. The van der Waals surface area contributed by atoms with Crippen LogP contribution in [0, 0.1) is 0 Å². The zero-order chi connectivity index (χ0) is 8.01. The second kappa shape index (κ2) is 1.98. The number of hydrogen-bond acceptors (Lipinski definition) is 4. The van der Waals surface area contributed by atoms with Crippen LogP contribution in [-0.4, -0.2) is 17.1 Å². The number of nitrogens with zero attached hydrogens (tertiary/aromatic N) is 2. The number of rotatable bonds is 0. The number of anilines is 1. The molecule has 60 valence electrons. The summed E-state index contributed by atoms with van der Waals surface area (Å²) in [5.41, 5.74) is 6.68. The number of nitrogen functional groups attached to an aromatic ring is 1. The third kappa shape index (κ3) is 0.758. The highest BCUT2D eigenvalue weighted by atomic mass is 16.5. The van der Waals surface area contributed by atoms with Crippen LogP contribution in [0.4, 0.5) is 5.82 Å². The molecule has 0 saturated carbocycles. The molecule has 0 spiro atoms. The highest BCUT2D eigenvalue weighted by Crippen LogP contribution is 2.35. The molecule has 1 aromatic rings. The SMILES string of the molecule is CC1c2c(N)noc2CN1C. The lowest BCUT2D eigenvalue weighted by atomic mass is 10.2. The Bertz CT molecular complexity index is 281. The average Bonchev–Trinajstić information content (AvgIpc) is 2.41. The minimum atomic E-state index is 0.344. The Morgan fingerprint density at radius 2 is 2.45 bits per heavy atom. The molecule has 1 atom stereocenters. The van der Waals surface area contributed by atoms with E-state index in [1.165, 1.54) is 0 Å². The number of aromatic nitrogens is 1. The van der Waals surface area contributed by atoms with Crippen LogP contribution >= 0.6 is 0 Å². The van der Waals surface area contributed by atoms with Crippen LogP contribution in [0.1, 0.15) is 24.3 Å². The van der Waals surface area contributed by atoms with Gasteiger partial charge in [0.2, 0.25) is 0 Å². The van der Waals surface area contributed by atoms with Gasteiger partial charge < -0.3 is 10.3 Å². The van der Waals surface area contributed by atoms with Gasteiger partial charge in [0, 0.05) is 6.04 Å². The standard InChI is InChI=1S/C7H11N3O/c1-4-6-5(3-10(4)2)11-9-7(6)8/h4H,3H2,1-2H3,(H2,8,9). The molecular weight excluding hydrogens is 142 g/mol. The molecule has 1 aliphatic rings. The van der Waals surface area contributed by atoms with Crippen LogP contribution in [0.2, 0.25) is 0 Å². The van der Waals surface area contributed by atoms with Gasteiger partial charge >= 0.3 is 0 Å². The molecule has 0 amide bonds. The molecule has 1 unspecified atom stereocenters. The average molecular weight is 153 g/mol. The number of hydrogen-bond donors (Lipinski definition) is 1. The van der Waals surface area contributed by atoms with Crippen molar-refractivity contribution < 1.29 is 4.52 Å². The first-order chi connectivity index (χ1) is 5.20. The van der Waals surface area contributed by atoms with Crippen molar-refractivity contribution in [1.29, 1.82) is 0 Å². The molecule has 0 aromatic carbocycles. The number of fused-ring (bicyclic) bond motifs is 1. The lowest BCUT2D eigenvalue weighted by molar-refractivity contribution is 0.259. The van der Waals surface area contributed by atoms with Gasteiger partial charge in [-0.2, -0.15) is 0 Å². The predicted octanol–water partition coefficient (Wildman–Crippen LogP) is 0.763. The Morgan fingerprint density at radius 3 is 3.09 bits per heavy atom. The summed E-state index contributed by atoms with van der Waals surface area (Å²) in [7, 11) is 2.04. The first kappa shape index (κ1) is 6.67. The topological polar surface area (TPSA) is 55.3 Å². The number of nitrogens with two attached hydrogens (primary N) is 1. The van der Waals surface area contributed by atoms with E-state index in [0.29, 0.717) is 11.9 Å². The summed E-state index contributed by atoms with van der Waals surface area (Å²) in [6, 6.07) is 0.344. The van der Waals surface area contributed by atoms with Crippen molar-refractivity contribution in [1.82, 2.24) is 10.1 Å². The minimum absolute atomic E-state index is 0.344. The van der Waals surface area contributed by atoms with Gasteiger partial charge in [0.25, 0.3) is 0 Å². The maximum Gasteiger partial charge on any atom is 0.171 e. The fraction of sp³-hybridized carbons (Fsp3) is 0.571. The van der Waals surface area contributed by atoms with Crippen molar-refractivity contribution >= 4 is 5.82 Å². The molecule has 1 aliphatic heterocycles. The third-order valence-electron chi connectivity index (χ3n) is 2.30. The van der Waals surface area contributed by atoms with E-state index in [-0.39, 0.29) is 0 Å². The summed E-state index contributed by atoms with van der Waals surface area (Å²) in [5.74, 6) is 1.45. The molecule has 11 heavy (non-hydrogen) atoms. The lowest BCUT2D eigenvalue weighted by Gasteiger charge is -2.13. The van der Waals surface area contributed by atoms with Gasteiger partial charge in [0.1, 0.15) is 0 Å². The summed E-state index contributed by atoms with van der Waals surface area (Å²) in [6.45, 7) is 2.92. The summed E-state index contributed by atoms with van der Waals surface area (Å²) in [6.07, 6.45) is 0. The molecule has 4 heteroatoms. The Hall–Kier alpha value is -1.03. The quantitative estimate of drug-likeness (QED) is 0.598. The highest BCUT2D eigenvalue weighted by Gasteiger charge is 2.30. The molecule has 0 saturated heterocycles. The van der Waals surface area contributed by atoms with E-state index in [1.54, 1.807) is 0 Å². The highest BCUT2D eigenvalue weighted by molar-refractivity contribution is 5.44. The van der Waals surface area contributed by atoms with Gasteiger partial charge in [-0.1, -0.05) is 5.16 Å². The predicted molar refractivity (Wildman–Crippen MR) is 40.8 cm³/mol. The smallest absolute Gasteiger partial charge is 0.171 e. The maximum absolute atomic E-state index is 5.61. The zero-order valence-corrected chi connectivity index (χ0v) is 6.66. The van der Waals surface area contributed by atoms with Crippen LogP contribution in [0.15, 0.2) is 4.52 Å². The molecule has 2 heterocycles. The second-order valence-electron chi connectivity index (χ2n) is 3.00. The van der Waals surface area contributed by atoms with Gasteiger partial charge in [-0.05, 0) is 14.0 Å². The molecule has 1 aromatic heterocycles. The van der Waals surface area contributed by atoms with E-state index < -0.39 is 0 Å². The zero-order valence-electron chi connectivity index (χ0n) is 6.66. The van der Waals surface area contributed by atoms with Gasteiger partial charge in [-0.15, -0.1) is 0 Å². The Labute approximate surface area is 65.0 Å². The van der Waals surface area contributed by atoms with Gasteiger partial charge in [0.15, 0.2) is 11.6 Å². The Morgan fingerprint density at radius 1 is 1.73 bits per heavy atom. The summed E-state index contributed by atoms with van der Waals surface area (Å²) >= 11 is 0. The van der Waals surface area contributed by atoms with Crippen molar-refractivity contribution in [3.8, 4) is 0 Å². The summed E-state index contributed by atoms with van der Waals surface area (Å²) in [5, 5.41) is 3.70. The van der Waals surface area contributed by atoms with Crippen LogP contribution in [0.5, 0.6) is 0 Å². The van der Waals surface area contributed by atoms with Crippen LogP contribution in [0.25, 0.3) is 0 Å².